The van der Waals surface area contributed by atoms with E-state index in [4.69, 9.17) is 13.8 Å². The molecule has 0 heterocycles. The molecule has 3 unspecified atom stereocenters. The third-order valence-electron chi connectivity index (χ3n) is 13.8. The first kappa shape index (κ1) is 71.0. The molecule has 0 radical (unpaired) electrons. The van der Waals surface area contributed by atoms with Gasteiger partial charge in [0.1, 0.15) is 19.3 Å². The van der Waals surface area contributed by atoms with Crippen LogP contribution in [0.1, 0.15) is 290 Å². The minimum absolute atomic E-state index is 0.0234. The van der Waals surface area contributed by atoms with Crippen molar-refractivity contribution in [3.05, 3.63) is 48.6 Å². The van der Waals surface area contributed by atoms with Crippen molar-refractivity contribution >= 4 is 19.7 Å². The number of likely N-dealkylation sites (N-methyl/N-ethyl adjacent to an activating group) is 1. The van der Waals surface area contributed by atoms with Gasteiger partial charge in [0.15, 0.2) is 0 Å². The number of amides is 1. The molecule has 0 spiro atoms. The second-order valence-electron chi connectivity index (χ2n) is 22.2. The van der Waals surface area contributed by atoms with E-state index in [9.17, 15) is 19.0 Å². The number of quaternary nitrogens is 1. The van der Waals surface area contributed by atoms with Crippen LogP contribution in [-0.4, -0.2) is 69.4 Å². The van der Waals surface area contributed by atoms with E-state index < -0.39 is 20.0 Å². The Balaban J connectivity index is 5.31. The van der Waals surface area contributed by atoms with Gasteiger partial charge in [-0.25, -0.2) is 0 Å². The van der Waals surface area contributed by atoms with Crippen molar-refractivity contribution in [3.63, 3.8) is 0 Å². The molecular formula is C63H119N2O7P. The predicted molar refractivity (Wildman–Crippen MR) is 312 cm³/mol. The lowest BCUT2D eigenvalue weighted by molar-refractivity contribution is -0.870. The Hall–Kier alpha value is -2.03. The molecule has 428 valence electrons. The quantitative estimate of drug-likeness (QED) is 0.0212. The molecular weight excluding hydrogens is 928 g/mol. The Morgan fingerprint density at radius 1 is 0.479 bits per heavy atom. The summed E-state index contributed by atoms with van der Waals surface area (Å²) in [6, 6.07) is -0.891. The summed E-state index contributed by atoms with van der Waals surface area (Å²) < 4.78 is 30.3. The van der Waals surface area contributed by atoms with Crippen LogP contribution < -0.4 is 10.2 Å². The first-order chi connectivity index (χ1) is 35.4. The highest BCUT2D eigenvalue weighted by Crippen LogP contribution is 2.38. The maximum absolute atomic E-state index is 13.5. The van der Waals surface area contributed by atoms with Crippen molar-refractivity contribution in [2.75, 3.05) is 40.9 Å². The average Bonchev–Trinajstić information content (AvgIpc) is 3.35. The van der Waals surface area contributed by atoms with E-state index in [1.165, 1.54) is 173 Å². The number of allylic oxidation sites excluding steroid dienone is 7. The predicted octanol–water partition coefficient (Wildman–Crippen LogP) is 18.3. The molecule has 0 aliphatic heterocycles. The van der Waals surface area contributed by atoms with Crippen LogP contribution in [0.3, 0.4) is 0 Å². The number of phosphoric ester groups is 1. The van der Waals surface area contributed by atoms with Gasteiger partial charge in [0.2, 0.25) is 5.91 Å². The molecule has 0 aliphatic rings. The van der Waals surface area contributed by atoms with Crippen molar-refractivity contribution < 1.29 is 37.3 Å². The first-order valence-electron chi connectivity index (χ1n) is 30.9. The van der Waals surface area contributed by atoms with Gasteiger partial charge in [-0.2, -0.15) is 0 Å². The second-order valence-corrected chi connectivity index (χ2v) is 23.6. The number of carbonyl (C=O) groups is 2. The Labute approximate surface area is 452 Å². The molecule has 10 heteroatoms. The Bertz CT molecular complexity index is 1390. The number of ether oxygens (including phenoxy) is 1. The van der Waals surface area contributed by atoms with Crippen LogP contribution in [0.5, 0.6) is 0 Å². The third-order valence-corrected chi connectivity index (χ3v) is 14.7. The molecule has 9 nitrogen and oxygen atoms in total. The number of nitrogens with one attached hydrogen (secondary N) is 1. The molecule has 0 saturated heterocycles. The SMILES string of the molecule is CCCCC/C=C\C/C=C\C/C=C\CCCCCCCCC(=O)OC(/C=C/CCCCCCCCCCCCC)C(COP(=O)([O-])OCC[N+](C)(C)C)NC(=O)CCCCCCCCCCCCCCCCC. The van der Waals surface area contributed by atoms with Crippen LogP contribution in [0, 0.1) is 0 Å². The molecule has 3 atom stereocenters. The fraction of sp³-hybridized carbons (Fsp3) is 0.841. The molecule has 0 aromatic carbocycles. The van der Waals surface area contributed by atoms with Gasteiger partial charge in [0.25, 0.3) is 7.82 Å². The zero-order valence-electron chi connectivity index (χ0n) is 48.8. The molecule has 0 bridgehead atoms. The minimum atomic E-state index is -4.70. The summed E-state index contributed by atoms with van der Waals surface area (Å²) >= 11 is 0. The molecule has 73 heavy (non-hydrogen) atoms. The number of hydrogen-bond acceptors (Lipinski definition) is 7. The molecule has 1 N–H and O–H groups in total. The van der Waals surface area contributed by atoms with Gasteiger partial charge < -0.3 is 28.5 Å². The number of unbranched alkanes of at least 4 members (excludes halogenated alkanes) is 34. The summed E-state index contributed by atoms with van der Waals surface area (Å²) in [6.45, 7) is 6.83. The molecule has 0 aliphatic carbocycles. The fourth-order valence-corrected chi connectivity index (χ4v) is 9.66. The normalized spacial score (nSPS) is 14.0. The van der Waals surface area contributed by atoms with Gasteiger partial charge in [-0.05, 0) is 70.3 Å². The van der Waals surface area contributed by atoms with Crippen molar-refractivity contribution in [3.8, 4) is 0 Å². The zero-order chi connectivity index (χ0) is 53.6. The molecule has 0 fully saturated rings. The van der Waals surface area contributed by atoms with E-state index in [2.05, 4.69) is 62.5 Å². The van der Waals surface area contributed by atoms with E-state index in [1.807, 2.05) is 33.3 Å². The summed E-state index contributed by atoms with van der Waals surface area (Å²) in [6.07, 6.45) is 64.9. The summed E-state index contributed by atoms with van der Waals surface area (Å²) in [5.74, 6) is -0.545. The van der Waals surface area contributed by atoms with E-state index in [-0.39, 0.29) is 31.5 Å². The lowest BCUT2D eigenvalue weighted by Gasteiger charge is -2.30. The van der Waals surface area contributed by atoms with Crippen LogP contribution in [0.2, 0.25) is 0 Å². The summed E-state index contributed by atoms with van der Waals surface area (Å²) in [5.41, 5.74) is 0. The van der Waals surface area contributed by atoms with Crippen LogP contribution >= 0.6 is 7.82 Å². The average molecular weight is 1050 g/mol. The van der Waals surface area contributed by atoms with E-state index in [0.717, 1.165) is 83.5 Å². The third kappa shape index (κ3) is 54.6. The number of phosphoric acid groups is 1. The standard InChI is InChI=1S/C63H119N2O7P/c1-7-10-13-16-19-22-25-28-30-31-32-33-35-38-41-44-47-50-53-56-63(67)72-61(54-51-48-45-42-39-36-27-24-21-18-15-12-9-3)60(59-71-73(68,69)70-58-57-65(4,5)6)64-62(66)55-52-49-46-43-40-37-34-29-26-23-20-17-14-11-8-2/h19,22,28,30,32-33,51,54,60-61H,7-18,20-21,23-27,29,31,34-50,52-53,55-59H2,1-6H3,(H-,64,66,68,69)/b22-19-,30-28-,33-32-,54-51+. The van der Waals surface area contributed by atoms with Crippen LogP contribution in [0.15, 0.2) is 48.6 Å². The number of nitrogens with zero attached hydrogens (tertiary/aromatic N) is 1. The van der Waals surface area contributed by atoms with Crippen molar-refractivity contribution in [1.29, 1.82) is 0 Å². The molecule has 1 amide bonds. The maximum atomic E-state index is 13.5. The van der Waals surface area contributed by atoms with Gasteiger partial charge in [-0.1, -0.05) is 256 Å². The largest absolute Gasteiger partial charge is 0.756 e. The van der Waals surface area contributed by atoms with Crippen molar-refractivity contribution in [1.82, 2.24) is 5.32 Å². The number of hydrogen-bond donors (Lipinski definition) is 1. The summed E-state index contributed by atoms with van der Waals surface area (Å²) in [4.78, 5) is 40.0. The summed E-state index contributed by atoms with van der Waals surface area (Å²) in [5, 5.41) is 3.03. The highest BCUT2D eigenvalue weighted by Gasteiger charge is 2.27. The van der Waals surface area contributed by atoms with Crippen molar-refractivity contribution in [2.24, 2.45) is 0 Å². The maximum Gasteiger partial charge on any atom is 0.306 e. The van der Waals surface area contributed by atoms with Crippen LogP contribution in [0.4, 0.5) is 0 Å². The van der Waals surface area contributed by atoms with E-state index in [0.29, 0.717) is 17.4 Å². The van der Waals surface area contributed by atoms with Gasteiger partial charge in [-0.3, -0.25) is 14.2 Å². The van der Waals surface area contributed by atoms with Gasteiger partial charge in [0, 0.05) is 12.8 Å². The first-order valence-corrected chi connectivity index (χ1v) is 32.4. The summed E-state index contributed by atoms with van der Waals surface area (Å²) in [7, 11) is 1.18. The molecule has 0 aromatic heterocycles. The highest BCUT2D eigenvalue weighted by molar-refractivity contribution is 7.45. The lowest BCUT2D eigenvalue weighted by atomic mass is 10.0. The van der Waals surface area contributed by atoms with E-state index in [1.54, 1.807) is 0 Å². The fourth-order valence-electron chi connectivity index (χ4n) is 8.94. The molecule has 0 aromatic rings. The van der Waals surface area contributed by atoms with Gasteiger partial charge in [-0.15, -0.1) is 0 Å². The van der Waals surface area contributed by atoms with Crippen molar-refractivity contribution in [2.45, 2.75) is 303 Å². The lowest BCUT2D eigenvalue weighted by Crippen LogP contribution is -2.47. The molecule has 0 saturated carbocycles. The van der Waals surface area contributed by atoms with E-state index >= 15 is 0 Å². The van der Waals surface area contributed by atoms with Crippen LogP contribution in [-0.2, 0) is 27.9 Å². The number of carbonyl (C=O) groups excluding carboxylic acids is 2. The highest BCUT2D eigenvalue weighted by atomic mass is 31.2. The number of esters is 1. The Morgan fingerprint density at radius 3 is 1.27 bits per heavy atom. The topological polar surface area (TPSA) is 114 Å². The second kappa shape index (κ2) is 53.4. The Kier molecular flexibility index (Phi) is 51.9. The Morgan fingerprint density at radius 2 is 0.836 bits per heavy atom. The molecule has 0 rings (SSSR count). The van der Waals surface area contributed by atoms with Gasteiger partial charge >= 0.3 is 5.97 Å². The minimum Gasteiger partial charge on any atom is -0.756 e. The van der Waals surface area contributed by atoms with Crippen LogP contribution in [0.25, 0.3) is 0 Å². The van der Waals surface area contributed by atoms with Gasteiger partial charge in [0.05, 0.1) is 33.8 Å². The smallest absolute Gasteiger partial charge is 0.306 e. The zero-order valence-corrected chi connectivity index (χ0v) is 49.7. The number of rotatable bonds is 56. The monoisotopic (exact) mass is 1050 g/mol.